The summed E-state index contributed by atoms with van der Waals surface area (Å²) in [4.78, 5) is 27.1. The first-order valence-electron chi connectivity index (χ1n) is 10.4. The molecule has 0 spiro atoms. The Hall–Kier alpha value is -2.48. The van der Waals surface area contributed by atoms with Gasteiger partial charge in [-0.1, -0.05) is 11.6 Å². The average molecular weight is 547 g/mol. The van der Waals surface area contributed by atoms with Crippen LogP contribution in [0.2, 0.25) is 5.15 Å². The van der Waals surface area contributed by atoms with Crippen molar-refractivity contribution < 1.29 is 22.7 Å². The molecule has 3 rings (SSSR count). The van der Waals surface area contributed by atoms with Gasteiger partial charge in [0.15, 0.2) is 5.15 Å². The minimum Gasteiger partial charge on any atom is -0.352 e. The third-order valence-corrected chi connectivity index (χ3v) is 6.48. The summed E-state index contributed by atoms with van der Waals surface area (Å²) in [7, 11) is 0. The first kappa shape index (κ1) is 27.1. The molecule has 0 saturated carbocycles. The van der Waals surface area contributed by atoms with E-state index in [1.165, 1.54) is 20.9 Å². The largest absolute Gasteiger partial charge is 0.389 e. The number of ether oxygens (including phenoxy) is 1. The Kier molecular flexibility index (Phi) is 10.1. The van der Waals surface area contributed by atoms with E-state index in [4.69, 9.17) is 16.3 Å². The summed E-state index contributed by atoms with van der Waals surface area (Å²) in [6.07, 6.45) is 1.22. The third kappa shape index (κ3) is 8.30. The maximum Gasteiger partial charge on any atom is 0.389 e. The van der Waals surface area contributed by atoms with Gasteiger partial charge in [-0.15, -0.1) is 11.3 Å². The maximum atomic E-state index is 13.4. The van der Waals surface area contributed by atoms with E-state index < -0.39 is 18.5 Å². The van der Waals surface area contributed by atoms with Crippen molar-refractivity contribution in [3.05, 3.63) is 52.5 Å². The van der Waals surface area contributed by atoms with Crippen molar-refractivity contribution in [2.75, 3.05) is 29.7 Å². The molecule has 0 aliphatic rings. The van der Waals surface area contributed by atoms with Crippen LogP contribution in [0.1, 0.15) is 18.4 Å². The van der Waals surface area contributed by atoms with Crippen molar-refractivity contribution in [2.45, 2.75) is 26.1 Å². The van der Waals surface area contributed by atoms with E-state index in [0.717, 1.165) is 16.8 Å². The highest BCUT2D eigenvalue weighted by atomic mass is 35.5. The number of rotatable bonds is 12. The smallest absolute Gasteiger partial charge is 0.352 e. The number of anilines is 1. The summed E-state index contributed by atoms with van der Waals surface area (Å²) in [6, 6.07) is 3.52. The molecule has 0 N–H and O–H groups in total. The van der Waals surface area contributed by atoms with Crippen molar-refractivity contribution in [1.29, 1.82) is 0 Å². The Labute approximate surface area is 213 Å². The third-order valence-electron chi connectivity index (χ3n) is 4.49. The van der Waals surface area contributed by atoms with Crippen LogP contribution in [-0.4, -0.2) is 62.3 Å². The van der Waals surface area contributed by atoms with Crippen LogP contribution in [0.3, 0.4) is 0 Å². The normalized spacial score (nSPS) is 12.2. The summed E-state index contributed by atoms with van der Waals surface area (Å²) in [6.45, 7) is 2.07. The van der Waals surface area contributed by atoms with Gasteiger partial charge in [-0.25, -0.2) is 9.67 Å². The fourth-order valence-electron chi connectivity index (χ4n) is 2.84. The molecule has 3 aromatic rings. The van der Waals surface area contributed by atoms with Gasteiger partial charge in [0, 0.05) is 35.8 Å². The van der Waals surface area contributed by atoms with Gasteiger partial charge >= 0.3 is 6.18 Å². The zero-order valence-electron chi connectivity index (χ0n) is 18.6. The highest BCUT2D eigenvalue weighted by Crippen LogP contribution is 2.27. The molecular weight excluding hydrogens is 525 g/mol. The zero-order valence-corrected chi connectivity index (χ0v) is 21.0. The van der Waals surface area contributed by atoms with Crippen LogP contribution in [0.15, 0.2) is 47.3 Å². The molecule has 0 fully saturated rings. The van der Waals surface area contributed by atoms with Gasteiger partial charge in [0.25, 0.3) is 5.91 Å². The van der Waals surface area contributed by atoms with Crippen LogP contribution in [0.25, 0.3) is 5.69 Å². The first-order valence-corrected chi connectivity index (χ1v) is 12.8. The second-order valence-electron chi connectivity index (χ2n) is 6.94. The average Bonchev–Trinajstić information content (AvgIpc) is 3.48. The van der Waals surface area contributed by atoms with E-state index in [1.54, 1.807) is 43.8 Å². The number of thioether (sulfide) groups is 1. The molecule has 1 amide bonds. The number of alkyl halides is 3. The monoisotopic (exact) mass is 546 g/mol. The van der Waals surface area contributed by atoms with E-state index in [2.05, 4.69) is 20.1 Å². The molecule has 3 heterocycles. The molecule has 0 unspecified atom stereocenters. The standard InChI is InChI=1S/C21H22ClF3N6O2S2/c1-2-30(17-11-31(29-19(17)22)15-4-3-6-26-10-15)20(32)16(13-34-8-5-21(23,24)25)28-14-33-12-18-27-7-9-35-18/h3-4,6-7,9-11H,2,5,8,12-14H2,1H3. The molecule has 8 nitrogen and oxygen atoms in total. The van der Waals surface area contributed by atoms with Crippen LogP contribution >= 0.6 is 34.7 Å². The van der Waals surface area contributed by atoms with Crippen molar-refractivity contribution in [1.82, 2.24) is 19.7 Å². The second kappa shape index (κ2) is 13.0. The number of thiazole rings is 1. The number of hydrogen-bond acceptors (Lipinski definition) is 8. The van der Waals surface area contributed by atoms with Gasteiger partial charge in [-0.05, 0) is 19.1 Å². The lowest BCUT2D eigenvalue weighted by molar-refractivity contribution is -0.129. The lowest BCUT2D eigenvalue weighted by Gasteiger charge is -2.20. The molecule has 188 valence electrons. The summed E-state index contributed by atoms with van der Waals surface area (Å²) in [5, 5.41) is 6.89. The molecule has 0 radical (unpaired) electrons. The number of nitrogens with zero attached hydrogens (tertiary/aromatic N) is 6. The molecular formula is C21H22ClF3N6O2S2. The van der Waals surface area contributed by atoms with Crippen molar-refractivity contribution in [3.63, 3.8) is 0 Å². The lowest BCUT2D eigenvalue weighted by Crippen LogP contribution is -2.38. The summed E-state index contributed by atoms with van der Waals surface area (Å²) >= 11 is 8.72. The quantitative estimate of drug-likeness (QED) is 0.234. The number of hydrogen-bond donors (Lipinski definition) is 0. The number of aromatic nitrogens is 4. The van der Waals surface area contributed by atoms with Crippen LogP contribution in [-0.2, 0) is 16.1 Å². The molecule has 0 saturated heterocycles. The molecule has 0 aliphatic heterocycles. The maximum absolute atomic E-state index is 13.4. The van der Waals surface area contributed by atoms with Gasteiger partial charge in [-0.3, -0.25) is 14.8 Å². The minimum atomic E-state index is -4.27. The van der Waals surface area contributed by atoms with E-state index in [9.17, 15) is 18.0 Å². The van der Waals surface area contributed by atoms with Gasteiger partial charge in [0.05, 0.1) is 24.5 Å². The fourth-order valence-corrected chi connectivity index (χ4v) is 4.55. The SMILES string of the molecule is CCN(C(=O)C(CSCCC(F)(F)F)=NCOCc1nccs1)c1cn(-c2cccnc2)nc1Cl. The number of carbonyl (C=O) groups is 1. The van der Waals surface area contributed by atoms with E-state index in [0.29, 0.717) is 11.4 Å². The molecule has 14 heteroatoms. The topological polar surface area (TPSA) is 85.5 Å². The Morgan fingerprint density at radius 1 is 1.37 bits per heavy atom. The Bertz CT molecular complexity index is 1110. The Balaban J connectivity index is 1.75. The number of carbonyl (C=O) groups excluding carboxylic acids is 1. The number of aliphatic imine (C=N–C) groups is 1. The van der Waals surface area contributed by atoms with Crippen molar-refractivity contribution in [3.8, 4) is 5.69 Å². The second-order valence-corrected chi connectivity index (χ2v) is 9.38. The summed E-state index contributed by atoms with van der Waals surface area (Å²) in [5.74, 6) is -0.695. The molecule has 0 aliphatic carbocycles. The Morgan fingerprint density at radius 2 is 2.20 bits per heavy atom. The summed E-state index contributed by atoms with van der Waals surface area (Å²) in [5.41, 5.74) is 1.07. The Morgan fingerprint density at radius 3 is 2.86 bits per heavy atom. The van der Waals surface area contributed by atoms with E-state index >= 15 is 0 Å². The first-order chi connectivity index (χ1) is 16.8. The zero-order chi connectivity index (χ0) is 25.3. The summed E-state index contributed by atoms with van der Waals surface area (Å²) < 4.78 is 44.6. The highest BCUT2D eigenvalue weighted by molar-refractivity contribution is 8.00. The molecule has 0 bridgehead atoms. The predicted molar refractivity (Wildman–Crippen MR) is 132 cm³/mol. The predicted octanol–water partition coefficient (Wildman–Crippen LogP) is 5.03. The van der Waals surface area contributed by atoms with Crippen molar-refractivity contribution in [2.24, 2.45) is 4.99 Å². The van der Waals surface area contributed by atoms with Gasteiger partial charge in [0.2, 0.25) is 0 Å². The van der Waals surface area contributed by atoms with Crippen LogP contribution in [0.4, 0.5) is 18.9 Å². The van der Waals surface area contributed by atoms with Crippen LogP contribution in [0.5, 0.6) is 0 Å². The molecule has 35 heavy (non-hydrogen) atoms. The number of pyridine rings is 1. The van der Waals surface area contributed by atoms with Crippen LogP contribution < -0.4 is 4.90 Å². The fraction of sp³-hybridized carbons (Fsp3) is 0.381. The molecule has 0 aromatic carbocycles. The number of halogens is 4. The highest BCUT2D eigenvalue weighted by Gasteiger charge is 2.28. The van der Waals surface area contributed by atoms with Crippen molar-refractivity contribution >= 4 is 52.0 Å². The van der Waals surface area contributed by atoms with Gasteiger partial charge in [0.1, 0.15) is 29.7 Å². The van der Waals surface area contributed by atoms with E-state index in [-0.39, 0.29) is 42.3 Å². The van der Waals surface area contributed by atoms with E-state index in [1.807, 2.05) is 5.38 Å². The van der Waals surface area contributed by atoms with Crippen LogP contribution in [0, 0.1) is 0 Å². The van der Waals surface area contributed by atoms with Gasteiger partial charge in [-0.2, -0.15) is 30.0 Å². The lowest BCUT2D eigenvalue weighted by atomic mass is 10.3. The van der Waals surface area contributed by atoms with Gasteiger partial charge < -0.3 is 9.64 Å². The number of amides is 1. The minimum absolute atomic E-state index is 0.0135. The molecule has 3 aromatic heterocycles. The molecule has 0 atom stereocenters.